The number of rotatable bonds is 6. The first kappa shape index (κ1) is 17.2. The summed E-state index contributed by atoms with van der Waals surface area (Å²) >= 11 is 0. The Hall–Kier alpha value is -0.870. The minimum absolute atomic E-state index is 0.0201. The van der Waals surface area contributed by atoms with E-state index in [4.69, 9.17) is 4.74 Å². The SMILES string of the molecule is CCNC(=O)CNS(=O)(=O)C(C1CCCO1)C(F)(F)F. The molecule has 2 atom stereocenters. The summed E-state index contributed by atoms with van der Waals surface area (Å²) < 4.78 is 68.9. The fraction of sp³-hybridized carbons (Fsp3) is 0.900. The molecule has 0 aromatic heterocycles. The number of sulfonamides is 1. The Morgan fingerprint density at radius 3 is 2.55 bits per heavy atom. The average Bonchev–Trinajstić information content (AvgIpc) is 2.78. The second-order valence-electron chi connectivity index (χ2n) is 4.33. The van der Waals surface area contributed by atoms with Crippen LogP contribution in [0, 0.1) is 0 Å². The van der Waals surface area contributed by atoms with Gasteiger partial charge in [-0.2, -0.15) is 13.2 Å². The van der Waals surface area contributed by atoms with E-state index in [-0.39, 0.29) is 19.6 Å². The molecule has 1 amide bonds. The first-order valence-corrected chi connectivity index (χ1v) is 7.66. The molecule has 10 heteroatoms. The Morgan fingerprint density at radius 1 is 1.45 bits per heavy atom. The lowest BCUT2D eigenvalue weighted by Gasteiger charge is -2.25. The zero-order valence-corrected chi connectivity index (χ0v) is 11.7. The molecule has 0 saturated carbocycles. The van der Waals surface area contributed by atoms with Crippen LogP contribution in [0.5, 0.6) is 0 Å². The molecule has 0 radical (unpaired) electrons. The highest BCUT2D eigenvalue weighted by Crippen LogP contribution is 2.33. The minimum Gasteiger partial charge on any atom is -0.376 e. The smallest absolute Gasteiger partial charge is 0.376 e. The molecular formula is C10H17F3N2O4S. The molecule has 0 bridgehead atoms. The lowest BCUT2D eigenvalue weighted by Crippen LogP contribution is -2.52. The van der Waals surface area contributed by atoms with Gasteiger partial charge in [-0.3, -0.25) is 4.79 Å². The number of nitrogens with one attached hydrogen (secondary N) is 2. The quantitative estimate of drug-likeness (QED) is 0.730. The zero-order valence-electron chi connectivity index (χ0n) is 10.9. The molecular weight excluding hydrogens is 301 g/mol. The number of halogens is 3. The molecule has 1 saturated heterocycles. The van der Waals surface area contributed by atoms with Crippen LogP contribution in [-0.2, 0) is 19.6 Å². The number of ether oxygens (including phenoxy) is 1. The van der Waals surface area contributed by atoms with Crippen molar-refractivity contribution in [1.82, 2.24) is 10.0 Å². The van der Waals surface area contributed by atoms with Crippen LogP contribution >= 0.6 is 0 Å². The van der Waals surface area contributed by atoms with Crippen LogP contribution in [0.1, 0.15) is 19.8 Å². The van der Waals surface area contributed by atoms with E-state index in [0.29, 0.717) is 6.42 Å². The molecule has 1 heterocycles. The monoisotopic (exact) mass is 318 g/mol. The molecule has 0 aliphatic carbocycles. The van der Waals surface area contributed by atoms with Crippen molar-refractivity contribution in [2.75, 3.05) is 19.7 Å². The van der Waals surface area contributed by atoms with Gasteiger partial charge in [0.2, 0.25) is 15.9 Å². The summed E-state index contributed by atoms with van der Waals surface area (Å²) in [5.74, 6) is -0.690. The summed E-state index contributed by atoms with van der Waals surface area (Å²) in [6, 6.07) is 0. The normalized spacial score (nSPS) is 21.7. The Morgan fingerprint density at radius 2 is 2.10 bits per heavy atom. The Bertz CT molecular complexity index is 432. The Balaban J connectivity index is 2.80. The summed E-state index contributed by atoms with van der Waals surface area (Å²) in [5.41, 5.74) is 0. The second-order valence-corrected chi connectivity index (χ2v) is 6.22. The van der Waals surface area contributed by atoms with Crippen molar-refractivity contribution < 1.29 is 31.1 Å². The summed E-state index contributed by atoms with van der Waals surface area (Å²) in [4.78, 5) is 11.1. The average molecular weight is 318 g/mol. The number of amides is 1. The summed E-state index contributed by atoms with van der Waals surface area (Å²) in [7, 11) is -4.74. The highest BCUT2D eigenvalue weighted by molar-refractivity contribution is 7.90. The van der Waals surface area contributed by atoms with Crippen LogP contribution in [0.4, 0.5) is 13.2 Å². The second kappa shape index (κ2) is 6.72. The van der Waals surface area contributed by atoms with Crippen LogP contribution in [0.15, 0.2) is 0 Å². The summed E-state index contributed by atoms with van der Waals surface area (Å²) in [6.07, 6.45) is -5.99. The highest BCUT2D eigenvalue weighted by Gasteiger charge is 2.54. The first-order valence-electron chi connectivity index (χ1n) is 6.12. The van der Waals surface area contributed by atoms with E-state index in [1.54, 1.807) is 11.6 Å². The van der Waals surface area contributed by atoms with Crippen LogP contribution in [0.2, 0.25) is 0 Å². The fourth-order valence-electron chi connectivity index (χ4n) is 1.94. The van der Waals surface area contributed by atoms with Gasteiger partial charge in [-0.05, 0) is 19.8 Å². The predicted octanol–water partition coefficient (Wildman–Crippen LogP) is 0.152. The van der Waals surface area contributed by atoms with Crippen molar-refractivity contribution in [2.24, 2.45) is 0 Å². The Labute approximate surface area is 115 Å². The molecule has 2 N–H and O–H groups in total. The number of carbonyl (C=O) groups is 1. The molecule has 6 nitrogen and oxygen atoms in total. The molecule has 2 unspecified atom stereocenters. The van der Waals surface area contributed by atoms with E-state index in [1.807, 2.05) is 0 Å². The van der Waals surface area contributed by atoms with Gasteiger partial charge in [0.05, 0.1) is 12.6 Å². The van der Waals surface area contributed by atoms with Gasteiger partial charge >= 0.3 is 6.18 Å². The maximum Gasteiger partial charge on any atom is 0.409 e. The minimum atomic E-state index is -4.96. The van der Waals surface area contributed by atoms with Crippen LogP contribution < -0.4 is 10.0 Å². The summed E-state index contributed by atoms with van der Waals surface area (Å²) in [5, 5.41) is -0.373. The van der Waals surface area contributed by atoms with Crippen molar-refractivity contribution in [3.63, 3.8) is 0 Å². The van der Waals surface area contributed by atoms with E-state index >= 15 is 0 Å². The van der Waals surface area contributed by atoms with E-state index in [1.165, 1.54) is 0 Å². The van der Waals surface area contributed by atoms with Gasteiger partial charge in [0.25, 0.3) is 0 Å². The van der Waals surface area contributed by atoms with Crippen molar-refractivity contribution in [3.05, 3.63) is 0 Å². The zero-order chi connectivity index (χ0) is 15.4. The standard InChI is InChI=1S/C10H17F3N2O4S/c1-2-14-8(16)6-15-20(17,18)9(10(11,12)13)7-4-3-5-19-7/h7,9,15H,2-6H2,1H3,(H,14,16). The van der Waals surface area contributed by atoms with E-state index in [2.05, 4.69) is 5.32 Å². The van der Waals surface area contributed by atoms with E-state index in [0.717, 1.165) is 0 Å². The molecule has 118 valence electrons. The number of alkyl halides is 3. The molecule has 0 aromatic rings. The molecule has 20 heavy (non-hydrogen) atoms. The molecule has 0 aromatic carbocycles. The van der Waals surface area contributed by atoms with E-state index in [9.17, 15) is 26.4 Å². The molecule has 1 fully saturated rings. The van der Waals surface area contributed by atoms with Gasteiger partial charge in [-0.1, -0.05) is 0 Å². The summed E-state index contributed by atoms with van der Waals surface area (Å²) in [6.45, 7) is 1.24. The lowest BCUT2D eigenvalue weighted by molar-refractivity contribution is -0.150. The van der Waals surface area contributed by atoms with Crippen LogP contribution in [-0.4, -0.2) is 51.6 Å². The van der Waals surface area contributed by atoms with Gasteiger partial charge in [0.1, 0.15) is 0 Å². The first-order chi connectivity index (χ1) is 9.18. The fourth-order valence-corrected chi connectivity index (χ4v) is 3.42. The number of carbonyl (C=O) groups excluding carboxylic acids is 1. The van der Waals surface area contributed by atoms with Crippen LogP contribution in [0.25, 0.3) is 0 Å². The largest absolute Gasteiger partial charge is 0.409 e. The predicted molar refractivity (Wildman–Crippen MR) is 64.4 cm³/mol. The lowest BCUT2D eigenvalue weighted by atomic mass is 10.2. The maximum atomic E-state index is 12.9. The third-order valence-corrected chi connectivity index (χ3v) is 4.55. The van der Waals surface area contributed by atoms with Gasteiger partial charge in [0, 0.05) is 13.2 Å². The van der Waals surface area contributed by atoms with Gasteiger partial charge in [-0.25, -0.2) is 13.1 Å². The highest BCUT2D eigenvalue weighted by atomic mass is 32.2. The van der Waals surface area contributed by atoms with Crippen molar-refractivity contribution in [3.8, 4) is 0 Å². The number of hydrogen-bond donors (Lipinski definition) is 2. The maximum absolute atomic E-state index is 12.9. The van der Waals surface area contributed by atoms with Gasteiger partial charge < -0.3 is 10.1 Å². The molecule has 0 spiro atoms. The van der Waals surface area contributed by atoms with E-state index < -0.39 is 40.0 Å². The third-order valence-electron chi connectivity index (χ3n) is 2.77. The van der Waals surface area contributed by atoms with Crippen molar-refractivity contribution in [1.29, 1.82) is 0 Å². The van der Waals surface area contributed by atoms with Crippen molar-refractivity contribution >= 4 is 15.9 Å². The molecule has 1 aliphatic heterocycles. The molecule has 1 rings (SSSR count). The topological polar surface area (TPSA) is 84.5 Å². The number of likely N-dealkylation sites (N-methyl/N-ethyl adjacent to an activating group) is 1. The van der Waals surface area contributed by atoms with Gasteiger partial charge in [-0.15, -0.1) is 0 Å². The molecule has 1 aliphatic rings. The van der Waals surface area contributed by atoms with Gasteiger partial charge in [0.15, 0.2) is 5.25 Å². The van der Waals surface area contributed by atoms with Crippen LogP contribution in [0.3, 0.4) is 0 Å². The number of hydrogen-bond acceptors (Lipinski definition) is 4. The van der Waals surface area contributed by atoms with Crippen molar-refractivity contribution in [2.45, 2.75) is 37.3 Å². The third kappa shape index (κ3) is 4.60. The Kier molecular flexibility index (Phi) is 5.78.